The molecule has 20 heavy (non-hydrogen) atoms. The number of ether oxygens (including phenoxy) is 1. The van der Waals surface area contributed by atoms with Gasteiger partial charge in [-0.05, 0) is 17.7 Å². The number of aliphatic hydroxyl groups is 1. The Hall–Kier alpha value is -2.60. The predicted octanol–water partition coefficient (Wildman–Crippen LogP) is 2.47. The van der Waals surface area contributed by atoms with Gasteiger partial charge in [0.05, 0.1) is 24.2 Å². The van der Waals surface area contributed by atoms with Crippen LogP contribution in [0.25, 0.3) is 11.1 Å². The third kappa shape index (κ3) is 2.41. The summed E-state index contributed by atoms with van der Waals surface area (Å²) in [6, 6.07) is 9.00. The maximum absolute atomic E-state index is 10.8. The van der Waals surface area contributed by atoms with Crippen molar-refractivity contribution in [2.75, 3.05) is 7.11 Å². The average molecular weight is 275 g/mol. The molecule has 0 saturated heterocycles. The normalized spacial score (nSPS) is 10.3. The molecule has 6 nitrogen and oxygen atoms in total. The Kier molecular flexibility index (Phi) is 3.86. The Bertz CT molecular complexity index is 654. The second kappa shape index (κ2) is 5.58. The van der Waals surface area contributed by atoms with Crippen LogP contribution in [0.5, 0.6) is 11.5 Å². The van der Waals surface area contributed by atoms with Crippen LogP contribution in [0.2, 0.25) is 0 Å². The number of nitro groups is 1. The lowest BCUT2D eigenvalue weighted by atomic mass is 10.00. The summed E-state index contributed by atoms with van der Waals surface area (Å²) in [4.78, 5) is 10.3. The van der Waals surface area contributed by atoms with Crippen molar-refractivity contribution >= 4 is 5.69 Å². The first-order valence-corrected chi connectivity index (χ1v) is 5.83. The molecule has 0 spiro atoms. The van der Waals surface area contributed by atoms with Gasteiger partial charge in [-0.2, -0.15) is 0 Å². The highest BCUT2D eigenvalue weighted by Gasteiger charge is 2.17. The highest BCUT2D eigenvalue weighted by molar-refractivity contribution is 5.79. The highest BCUT2D eigenvalue weighted by atomic mass is 16.6. The number of hydrogen-bond acceptors (Lipinski definition) is 5. The lowest BCUT2D eigenvalue weighted by Crippen LogP contribution is -1.94. The number of phenols is 1. The summed E-state index contributed by atoms with van der Waals surface area (Å²) in [5.74, 6) is 0.229. The maximum atomic E-state index is 10.8. The smallest absolute Gasteiger partial charge is 0.270 e. The zero-order valence-corrected chi connectivity index (χ0v) is 10.7. The Morgan fingerprint density at radius 1 is 1.30 bits per heavy atom. The van der Waals surface area contributed by atoms with E-state index in [4.69, 9.17) is 4.74 Å². The predicted molar refractivity (Wildman–Crippen MR) is 72.7 cm³/mol. The Balaban J connectivity index is 2.67. The summed E-state index contributed by atoms with van der Waals surface area (Å²) in [6.07, 6.45) is 0. The molecule has 2 aromatic rings. The molecular formula is C14H13NO5. The van der Waals surface area contributed by atoms with Crippen LogP contribution in [-0.4, -0.2) is 22.2 Å². The molecule has 104 valence electrons. The Labute approximate surface area is 115 Å². The molecule has 0 aliphatic rings. The molecule has 0 aromatic heterocycles. The molecule has 0 saturated carbocycles. The van der Waals surface area contributed by atoms with Crippen LogP contribution in [0.1, 0.15) is 5.56 Å². The van der Waals surface area contributed by atoms with Crippen LogP contribution >= 0.6 is 0 Å². The third-order valence-corrected chi connectivity index (χ3v) is 2.96. The van der Waals surface area contributed by atoms with Gasteiger partial charge in [0.2, 0.25) is 0 Å². The molecule has 0 heterocycles. The molecule has 0 aliphatic heterocycles. The zero-order chi connectivity index (χ0) is 14.7. The largest absolute Gasteiger partial charge is 0.507 e. The van der Waals surface area contributed by atoms with Gasteiger partial charge in [-0.15, -0.1) is 0 Å². The first-order valence-electron chi connectivity index (χ1n) is 5.83. The number of benzene rings is 2. The van der Waals surface area contributed by atoms with Gasteiger partial charge in [0.15, 0.2) is 0 Å². The monoisotopic (exact) mass is 275 g/mol. The molecule has 0 bridgehead atoms. The number of non-ortho nitro benzene ring substituents is 1. The number of aliphatic hydroxyl groups excluding tert-OH is 1. The van der Waals surface area contributed by atoms with Crippen LogP contribution in [0.3, 0.4) is 0 Å². The molecule has 0 aliphatic carbocycles. The molecule has 0 radical (unpaired) electrons. The quantitative estimate of drug-likeness (QED) is 0.660. The van der Waals surface area contributed by atoms with E-state index in [0.29, 0.717) is 22.4 Å². The topological polar surface area (TPSA) is 92.8 Å². The summed E-state index contributed by atoms with van der Waals surface area (Å²) < 4.78 is 5.17. The zero-order valence-electron chi connectivity index (χ0n) is 10.7. The molecule has 0 atom stereocenters. The van der Waals surface area contributed by atoms with E-state index in [9.17, 15) is 20.3 Å². The van der Waals surface area contributed by atoms with Gasteiger partial charge in [-0.1, -0.05) is 12.1 Å². The van der Waals surface area contributed by atoms with E-state index in [1.165, 1.54) is 31.4 Å². The van der Waals surface area contributed by atoms with E-state index in [-0.39, 0.29) is 18.0 Å². The molecular weight excluding hydrogens is 262 g/mol. The van der Waals surface area contributed by atoms with Crippen molar-refractivity contribution in [3.05, 3.63) is 52.1 Å². The minimum atomic E-state index is -0.511. The first kappa shape index (κ1) is 13.8. The van der Waals surface area contributed by atoms with Crippen molar-refractivity contribution in [2.45, 2.75) is 6.61 Å². The van der Waals surface area contributed by atoms with E-state index in [1.807, 2.05) is 0 Å². The summed E-state index contributed by atoms with van der Waals surface area (Å²) in [5, 5.41) is 30.2. The van der Waals surface area contributed by atoms with Crippen LogP contribution in [-0.2, 0) is 6.61 Å². The van der Waals surface area contributed by atoms with Gasteiger partial charge in [0.25, 0.3) is 5.69 Å². The van der Waals surface area contributed by atoms with Gasteiger partial charge in [0.1, 0.15) is 11.5 Å². The van der Waals surface area contributed by atoms with E-state index < -0.39 is 4.92 Å². The van der Waals surface area contributed by atoms with Gasteiger partial charge < -0.3 is 14.9 Å². The molecule has 2 N–H and O–H groups in total. The van der Waals surface area contributed by atoms with Crippen molar-refractivity contribution in [1.82, 2.24) is 0 Å². The Morgan fingerprint density at radius 3 is 2.65 bits per heavy atom. The number of aromatic hydroxyl groups is 1. The maximum Gasteiger partial charge on any atom is 0.270 e. The molecule has 6 heteroatoms. The first-order chi connectivity index (χ1) is 9.58. The van der Waals surface area contributed by atoms with Crippen molar-refractivity contribution in [2.24, 2.45) is 0 Å². The number of methoxy groups -OCH3 is 1. The molecule has 0 fully saturated rings. The summed E-state index contributed by atoms with van der Waals surface area (Å²) >= 11 is 0. The van der Waals surface area contributed by atoms with Crippen molar-refractivity contribution in [3.8, 4) is 22.6 Å². The standard InChI is InChI=1S/C14H13NO5/c1-20-12-6-5-10(8-16)14(17)13(12)9-3-2-4-11(7-9)15(18)19/h2-7,16-17H,8H2,1H3. The van der Waals surface area contributed by atoms with Crippen LogP contribution < -0.4 is 4.74 Å². The molecule has 2 rings (SSSR count). The summed E-state index contributed by atoms with van der Waals surface area (Å²) in [6.45, 7) is -0.336. The fraction of sp³-hybridized carbons (Fsp3) is 0.143. The van der Waals surface area contributed by atoms with E-state index in [2.05, 4.69) is 0 Å². The molecule has 0 unspecified atom stereocenters. The Morgan fingerprint density at radius 2 is 2.05 bits per heavy atom. The molecule has 0 amide bonds. The number of rotatable bonds is 4. The van der Waals surface area contributed by atoms with E-state index >= 15 is 0 Å². The number of nitrogens with zero attached hydrogens (tertiary/aromatic N) is 1. The minimum absolute atomic E-state index is 0.0849. The minimum Gasteiger partial charge on any atom is -0.507 e. The van der Waals surface area contributed by atoms with Gasteiger partial charge in [-0.25, -0.2) is 0 Å². The second-order valence-corrected chi connectivity index (χ2v) is 4.12. The van der Waals surface area contributed by atoms with Crippen LogP contribution in [0.15, 0.2) is 36.4 Å². The fourth-order valence-corrected chi connectivity index (χ4v) is 1.97. The van der Waals surface area contributed by atoms with Crippen molar-refractivity contribution < 1.29 is 19.9 Å². The fourth-order valence-electron chi connectivity index (χ4n) is 1.97. The average Bonchev–Trinajstić information content (AvgIpc) is 2.46. The van der Waals surface area contributed by atoms with Crippen molar-refractivity contribution in [1.29, 1.82) is 0 Å². The SMILES string of the molecule is COc1ccc(CO)c(O)c1-c1cccc([N+](=O)[O-])c1. The third-order valence-electron chi connectivity index (χ3n) is 2.96. The summed E-state index contributed by atoms with van der Waals surface area (Å²) in [7, 11) is 1.44. The molecule has 2 aromatic carbocycles. The summed E-state index contributed by atoms with van der Waals surface area (Å²) in [5.41, 5.74) is 1.01. The van der Waals surface area contributed by atoms with Crippen LogP contribution in [0, 0.1) is 10.1 Å². The van der Waals surface area contributed by atoms with Crippen molar-refractivity contribution in [3.63, 3.8) is 0 Å². The van der Waals surface area contributed by atoms with E-state index in [0.717, 1.165) is 0 Å². The number of nitro benzene ring substituents is 1. The second-order valence-electron chi connectivity index (χ2n) is 4.12. The van der Waals surface area contributed by atoms with Crippen LogP contribution in [0.4, 0.5) is 5.69 Å². The van der Waals surface area contributed by atoms with E-state index in [1.54, 1.807) is 12.1 Å². The lowest BCUT2D eigenvalue weighted by molar-refractivity contribution is -0.384. The van der Waals surface area contributed by atoms with Gasteiger partial charge in [-0.3, -0.25) is 10.1 Å². The highest BCUT2D eigenvalue weighted by Crippen LogP contribution is 2.40. The van der Waals surface area contributed by atoms with Gasteiger partial charge >= 0.3 is 0 Å². The number of hydrogen-bond donors (Lipinski definition) is 2. The van der Waals surface area contributed by atoms with Gasteiger partial charge in [0, 0.05) is 17.7 Å². The lowest BCUT2D eigenvalue weighted by Gasteiger charge is -2.13.